The predicted molar refractivity (Wildman–Crippen MR) is 74.1 cm³/mol. The first-order valence-electron chi connectivity index (χ1n) is 5.86. The molecule has 1 aromatic carbocycles. The maximum atomic E-state index is 11.7. The van der Waals surface area contributed by atoms with Crippen LogP contribution in [-0.4, -0.2) is 22.5 Å². The summed E-state index contributed by atoms with van der Waals surface area (Å²) in [6.45, 7) is 3.59. The summed E-state index contributed by atoms with van der Waals surface area (Å²) in [4.78, 5) is 26.2. The number of esters is 1. The molecule has 0 radical (unpaired) electrons. The Morgan fingerprint density at radius 1 is 1.50 bits per heavy atom. The molecule has 0 amide bonds. The first kappa shape index (κ1) is 14.2. The van der Waals surface area contributed by atoms with Crippen LogP contribution in [0.2, 0.25) is 5.02 Å². The van der Waals surface area contributed by atoms with Crippen LogP contribution in [0.15, 0.2) is 18.3 Å². The molecule has 0 spiro atoms. The monoisotopic (exact) mass is 294 g/mol. The number of pyridine rings is 1. The molecule has 20 heavy (non-hydrogen) atoms. The molecule has 0 aliphatic carbocycles. The maximum Gasteiger partial charge on any atom is 0.341 e. The number of hydrogen-bond acceptors (Lipinski definition) is 5. The molecule has 0 N–H and O–H groups in total. The van der Waals surface area contributed by atoms with Crippen molar-refractivity contribution in [1.29, 1.82) is 0 Å². The molecule has 0 aliphatic rings. The summed E-state index contributed by atoms with van der Waals surface area (Å²) in [5, 5.41) is 11.5. The molecular formula is C13H11ClN2O4. The first-order valence-corrected chi connectivity index (χ1v) is 6.23. The van der Waals surface area contributed by atoms with E-state index in [2.05, 4.69) is 4.98 Å². The van der Waals surface area contributed by atoms with E-state index in [1.807, 2.05) is 0 Å². The molecule has 0 bridgehead atoms. The smallest absolute Gasteiger partial charge is 0.341 e. The van der Waals surface area contributed by atoms with E-state index >= 15 is 0 Å². The highest BCUT2D eigenvalue weighted by atomic mass is 35.5. The van der Waals surface area contributed by atoms with Crippen LogP contribution in [0.25, 0.3) is 10.9 Å². The zero-order valence-electron chi connectivity index (χ0n) is 10.8. The Bertz CT molecular complexity index is 715. The minimum Gasteiger partial charge on any atom is -0.462 e. The molecule has 7 heteroatoms. The fourth-order valence-electron chi connectivity index (χ4n) is 1.88. The zero-order chi connectivity index (χ0) is 14.9. The second-order valence-electron chi connectivity index (χ2n) is 4.14. The lowest BCUT2D eigenvalue weighted by Crippen LogP contribution is -2.06. The fourth-order valence-corrected chi connectivity index (χ4v) is 2.15. The Labute approximate surface area is 119 Å². The second-order valence-corrected chi connectivity index (χ2v) is 4.52. The van der Waals surface area contributed by atoms with Crippen LogP contribution in [0.4, 0.5) is 5.69 Å². The maximum absolute atomic E-state index is 11.7. The molecule has 0 fully saturated rings. The van der Waals surface area contributed by atoms with Gasteiger partial charge in [-0.05, 0) is 25.5 Å². The summed E-state index contributed by atoms with van der Waals surface area (Å²) in [5.41, 5.74) is 0.769. The molecule has 104 valence electrons. The number of nitro benzene ring substituents is 1. The van der Waals surface area contributed by atoms with Gasteiger partial charge in [-0.1, -0.05) is 11.6 Å². The van der Waals surface area contributed by atoms with Gasteiger partial charge in [-0.25, -0.2) is 9.78 Å². The van der Waals surface area contributed by atoms with Gasteiger partial charge < -0.3 is 4.74 Å². The van der Waals surface area contributed by atoms with Crippen molar-refractivity contribution in [2.45, 2.75) is 13.8 Å². The summed E-state index contributed by atoms with van der Waals surface area (Å²) in [6.07, 6.45) is 1.20. The lowest BCUT2D eigenvalue weighted by Gasteiger charge is -2.07. The van der Waals surface area contributed by atoms with Crippen molar-refractivity contribution >= 4 is 34.2 Å². The van der Waals surface area contributed by atoms with Gasteiger partial charge in [-0.2, -0.15) is 0 Å². The summed E-state index contributed by atoms with van der Waals surface area (Å²) >= 11 is 6.16. The lowest BCUT2D eigenvalue weighted by atomic mass is 10.1. The van der Waals surface area contributed by atoms with Gasteiger partial charge in [0.1, 0.15) is 5.52 Å². The van der Waals surface area contributed by atoms with Crippen LogP contribution >= 0.6 is 11.6 Å². The Balaban J connectivity index is 2.73. The van der Waals surface area contributed by atoms with Crippen LogP contribution in [-0.2, 0) is 4.74 Å². The Morgan fingerprint density at radius 3 is 2.80 bits per heavy atom. The van der Waals surface area contributed by atoms with Crippen LogP contribution in [0.1, 0.15) is 22.8 Å². The number of ether oxygens (including phenoxy) is 1. The summed E-state index contributed by atoms with van der Waals surface area (Å²) in [5.74, 6) is -0.601. The van der Waals surface area contributed by atoms with Gasteiger partial charge >= 0.3 is 5.97 Å². The Morgan fingerprint density at radius 2 is 2.20 bits per heavy atom. The van der Waals surface area contributed by atoms with E-state index in [-0.39, 0.29) is 28.4 Å². The molecule has 0 saturated carbocycles. The van der Waals surface area contributed by atoms with E-state index in [1.165, 1.54) is 12.3 Å². The van der Waals surface area contributed by atoms with E-state index in [0.29, 0.717) is 10.9 Å². The predicted octanol–water partition coefficient (Wildman–Crippen LogP) is 3.28. The van der Waals surface area contributed by atoms with Gasteiger partial charge in [-0.15, -0.1) is 0 Å². The Kier molecular flexibility index (Phi) is 3.85. The molecule has 2 rings (SSSR count). The number of aromatic nitrogens is 1. The fraction of sp³-hybridized carbons (Fsp3) is 0.231. The number of nitrogens with zero attached hydrogens (tertiary/aromatic N) is 2. The van der Waals surface area contributed by atoms with Crippen LogP contribution in [0.3, 0.4) is 0 Å². The Hall–Kier alpha value is -2.21. The van der Waals surface area contributed by atoms with Crippen molar-refractivity contribution in [3.8, 4) is 0 Å². The minimum atomic E-state index is -0.601. The third-order valence-electron chi connectivity index (χ3n) is 2.72. The molecule has 1 heterocycles. The minimum absolute atomic E-state index is 0.0981. The first-order chi connectivity index (χ1) is 9.45. The number of hydrogen-bond donors (Lipinski definition) is 0. The largest absolute Gasteiger partial charge is 0.462 e. The zero-order valence-corrected chi connectivity index (χ0v) is 11.6. The molecule has 0 atom stereocenters. The van der Waals surface area contributed by atoms with Crippen molar-refractivity contribution in [2.24, 2.45) is 0 Å². The molecular weight excluding hydrogens is 284 g/mol. The SMILES string of the molecule is CCOC(=O)c1cnc2c([N+](=O)[O-])cc(C)cc2c1Cl. The topological polar surface area (TPSA) is 82.3 Å². The van der Waals surface area contributed by atoms with Gasteiger partial charge in [-0.3, -0.25) is 10.1 Å². The lowest BCUT2D eigenvalue weighted by molar-refractivity contribution is -0.383. The highest BCUT2D eigenvalue weighted by Gasteiger charge is 2.20. The number of aryl methyl sites for hydroxylation is 1. The standard InChI is InChI=1S/C13H11ClN2O4/c1-3-20-13(17)9-6-15-12-8(11(9)14)4-7(2)5-10(12)16(18)19/h4-6H,3H2,1-2H3. The second kappa shape index (κ2) is 5.42. The third kappa shape index (κ3) is 2.42. The molecule has 1 aromatic heterocycles. The summed E-state index contributed by atoms with van der Waals surface area (Å²) in [6, 6.07) is 3.07. The number of carbonyl (C=O) groups excluding carboxylic acids is 1. The number of nitro groups is 1. The average Bonchev–Trinajstić information content (AvgIpc) is 2.39. The number of fused-ring (bicyclic) bond motifs is 1. The quantitative estimate of drug-likeness (QED) is 0.493. The van der Waals surface area contributed by atoms with Gasteiger partial charge in [0.05, 0.1) is 22.1 Å². The van der Waals surface area contributed by atoms with Gasteiger partial charge in [0, 0.05) is 17.6 Å². The summed E-state index contributed by atoms with van der Waals surface area (Å²) < 4.78 is 4.87. The average molecular weight is 295 g/mol. The van der Waals surface area contributed by atoms with E-state index in [9.17, 15) is 14.9 Å². The van der Waals surface area contributed by atoms with E-state index < -0.39 is 10.9 Å². The van der Waals surface area contributed by atoms with E-state index in [0.717, 1.165) is 0 Å². The molecule has 2 aromatic rings. The van der Waals surface area contributed by atoms with Crippen molar-refractivity contribution in [3.05, 3.63) is 44.6 Å². The number of carbonyl (C=O) groups is 1. The van der Waals surface area contributed by atoms with Crippen molar-refractivity contribution in [1.82, 2.24) is 4.98 Å². The van der Waals surface area contributed by atoms with Gasteiger partial charge in [0.25, 0.3) is 5.69 Å². The van der Waals surface area contributed by atoms with Crippen molar-refractivity contribution in [3.63, 3.8) is 0 Å². The highest BCUT2D eigenvalue weighted by Crippen LogP contribution is 2.32. The molecule has 0 saturated heterocycles. The van der Waals surface area contributed by atoms with Crippen LogP contribution in [0.5, 0.6) is 0 Å². The highest BCUT2D eigenvalue weighted by molar-refractivity contribution is 6.38. The van der Waals surface area contributed by atoms with Crippen molar-refractivity contribution < 1.29 is 14.5 Å². The number of rotatable bonds is 3. The third-order valence-corrected chi connectivity index (χ3v) is 3.13. The van der Waals surface area contributed by atoms with E-state index in [1.54, 1.807) is 19.9 Å². The van der Waals surface area contributed by atoms with Gasteiger partial charge in [0.2, 0.25) is 0 Å². The number of benzene rings is 1. The molecule has 0 aliphatic heterocycles. The van der Waals surface area contributed by atoms with E-state index in [4.69, 9.17) is 16.3 Å². The van der Waals surface area contributed by atoms with Gasteiger partial charge in [0.15, 0.2) is 0 Å². The summed E-state index contributed by atoms with van der Waals surface area (Å²) in [7, 11) is 0. The molecule has 0 unspecified atom stereocenters. The van der Waals surface area contributed by atoms with Crippen molar-refractivity contribution in [2.75, 3.05) is 6.61 Å². The number of non-ortho nitro benzene ring substituents is 1. The molecule has 6 nitrogen and oxygen atoms in total. The van der Waals surface area contributed by atoms with Crippen LogP contribution < -0.4 is 0 Å². The van der Waals surface area contributed by atoms with Crippen LogP contribution in [0, 0.1) is 17.0 Å². The number of halogens is 1. The normalized spacial score (nSPS) is 10.6.